The third-order valence-corrected chi connectivity index (χ3v) is 1.71. The van der Waals surface area contributed by atoms with E-state index in [1.807, 2.05) is 0 Å². The molecular formula is C6H13N5S. The Balaban J connectivity index is 2.53. The minimum absolute atomic E-state index is 0.428. The van der Waals surface area contributed by atoms with E-state index >= 15 is 0 Å². The van der Waals surface area contributed by atoms with Gasteiger partial charge >= 0.3 is 0 Å². The summed E-state index contributed by atoms with van der Waals surface area (Å²) in [4.78, 5) is 3.97. The molecule has 5 nitrogen and oxygen atoms in total. The average molecular weight is 187 g/mol. The first-order valence-corrected chi connectivity index (χ1v) is 4.31. The van der Waals surface area contributed by atoms with Crippen molar-refractivity contribution >= 4 is 18.2 Å². The number of hydrogen-bond donors (Lipinski definition) is 3. The van der Waals surface area contributed by atoms with Crippen LogP contribution in [0.4, 0.5) is 5.95 Å². The van der Waals surface area contributed by atoms with Gasteiger partial charge in [0, 0.05) is 6.54 Å². The highest BCUT2D eigenvalue weighted by atomic mass is 32.1. The summed E-state index contributed by atoms with van der Waals surface area (Å²) in [6.45, 7) is 2.90. The van der Waals surface area contributed by atoms with Crippen LogP contribution in [0.3, 0.4) is 0 Å². The van der Waals surface area contributed by atoms with Crippen LogP contribution in [0, 0.1) is 4.77 Å². The minimum atomic E-state index is 0.428. The molecule has 0 fully saturated rings. The lowest BCUT2D eigenvalue weighted by molar-refractivity contribution is 0.721. The Hall–Kier alpha value is -0.880. The monoisotopic (exact) mass is 187 g/mol. The van der Waals surface area contributed by atoms with Crippen molar-refractivity contribution in [1.82, 2.24) is 15.2 Å². The summed E-state index contributed by atoms with van der Waals surface area (Å²) in [6.07, 6.45) is 2.16. The van der Waals surface area contributed by atoms with Crippen LogP contribution in [0.1, 0.15) is 19.8 Å². The van der Waals surface area contributed by atoms with Gasteiger partial charge in [-0.05, 0) is 18.6 Å². The van der Waals surface area contributed by atoms with Gasteiger partial charge < -0.3 is 0 Å². The summed E-state index contributed by atoms with van der Waals surface area (Å²) in [7, 11) is 0. The van der Waals surface area contributed by atoms with E-state index in [9.17, 15) is 0 Å². The smallest absolute Gasteiger partial charge is 0.234 e. The zero-order valence-corrected chi connectivity index (χ0v) is 7.82. The van der Waals surface area contributed by atoms with Crippen LogP contribution < -0.4 is 10.9 Å². The maximum atomic E-state index is 5.67. The number of aromatic amines is 2. The molecule has 68 valence electrons. The van der Waals surface area contributed by atoms with Crippen LogP contribution in [0.25, 0.3) is 0 Å². The molecule has 1 aromatic rings. The third-order valence-electron chi connectivity index (χ3n) is 1.51. The molecule has 1 heterocycles. The summed E-state index contributed by atoms with van der Waals surface area (Å²) >= 11 is 4.78. The molecular weight excluding hydrogens is 174 g/mol. The van der Waals surface area contributed by atoms with Gasteiger partial charge in [-0.15, -0.1) is 0 Å². The summed E-state index contributed by atoms with van der Waals surface area (Å²) in [6, 6.07) is 0. The van der Waals surface area contributed by atoms with Crippen molar-refractivity contribution in [3.05, 3.63) is 4.77 Å². The van der Waals surface area contributed by atoms with Gasteiger partial charge in [0.25, 0.3) is 0 Å². The Morgan fingerprint density at radius 1 is 1.58 bits per heavy atom. The largest absolute Gasteiger partial charge is 0.279 e. The standard InChI is InChI=1S/C6H13N5S/c1-2-3-4-11(7)5-8-6(12)10-9-5/h2-4,7H2,1H3,(H2,8,9,10,12). The number of nitrogens with zero attached hydrogens (tertiary/aromatic N) is 2. The molecule has 6 heteroatoms. The molecule has 0 saturated heterocycles. The van der Waals surface area contributed by atoms with E-state index in [1.165, 1.54) is 0 Å². The second kappa shape index (κ2) is 4.22. The number of hydrazine groups is 1. The molecule has 0 radical (unpaired) electrons. The van der Waals surface area contributed by atoms with Crippen molar-refractivity contribution in [1.29, 1.82) is 0 Å². The molecule has 1 rings (SSSR count). The van der Waals surface area contributed by atoms with E-state index in [1.54, 1.807) is 5.01 Å². The number of rotatable bonds is 4. The fourth-order valence-corrected chi connectivity index (χ4v) is 0.969. The summed E-state index contributed by atoms with van der Waals surface area (Å²) in [5, 5.41) is 7.01. The molecule has 0 bridgehead atoms. The van der Waals surface area contributed by atoms with Gasteiger partial charge in [0.15, 0.2) is 0 Å². The van der Waals surface area contributed by atoms with E-state index in [0.29, 0.717) is 10.7 Å². The highest BCUT2D eigenvalue weighted by Gasteiger charge is 2.02. The quantitative estimate of drug-likeness (QED) is 0.373. The fourth-order valence-electron chi connectivity index (χ4n) is 0.832. The van der Waals surface area contributed by atoms with Crippen molar-refractivity contribution in [2.24, 2.45) is 5.84 Å². The Bertz CT molecular complexity index is 277. The summed E-state index contributed by atoms with van der Waals surface area (Å²) < 4.78 is 0.428. The topological polar surface area (TPSA) is 73.7 Å². The highest BCUT2D eigenvalue weighted by Crippen LogP contribution is 2.01. The van der Waals surface area contributed by atoms with E-state index in [2.05, 4.69) is 22.1 Å². The van der Waals surface area contributed by atoms with E-state index in [0.717, 1.165) is 19.4 Å². The average Bonchev–Trinajstić information content (AvgIpc) is 2.47. The summed E-state index contributed by atoms with van der Waals surface area (Å²) in [5.74, 6) is 6.26. The Labute approximate surface area is 75.9 Å². The van der Waals surface area contributed by atoms with Crippen LogP contribution in [-0.2, 0) is 0 Å². The lowest BCUT2D eigenvalue weighted by atomic mass is 10.3. The maximum absolute atomic E-state index is 5.67. The summed E-state index contributed by atoms with van der Waals surface area (Å²) in [5.41, 5.74) is 0. The number of aromatic nitrogens is 3. The number of hydrogen-bond acceptors (Lipinski definition) is 4. The van der Waals surface area contributed by atoms with Crippen LogP contribution in [0.2, 0.25) is 0 Å². The predicted molar refractivity (Wildman–Crippen MR) is 50.2 cm³/mol. The first kappa shape index (κ1) is 9.21. The molecule has 4 N–H and O–H groups in total. The number of nitrogens with two attached hydrogens (primary N) is 1. The molecule has 0 atom stereocenters. The molecule has 1 aromatic heterocycles. The van der Waals surface area contributed by atoms with Crippen molar-refractivity contribution in [3.63, 3.8) is 0 Å². The minimum Gasteiger partial charge on any atom is -0.279 e. The Kier molecular flexibility index (Phi) is 3.24. The van der Waals surface area contributed by atoms with Crippen LogP contribution >= 0.6 is 12.2 Å². The lowest BCUT2D eigenvalue weighted by Crippen LogP contribution is -2.32. The highest BCUT2D eigenvalue weighted by molar-refractivity contribution is 7.71. The number of anilines is 1. The van der Waals surface area contributed by atoms with E-state index in [4.69, 9.17) is 18.1 Å². The molecule has 12 heavy (non-hydrogen) atoms. The van der Waals surface area contributed by atoms with E-state index in [-0.39, 0.29) is 0 Å². The third kappa shape index (κ3) is 2.31. The molecule has 0 aliphatic heterocycles. The first-order chi connectivity index (χ1) is 5.74. The SMILES string of the molecule is CCCCN(N)c1nc(=S)[nH][nH]1. The van der Waals surface area contributed by atoms with Crippen molar-refractivity contribution in [3.8, 4) is 0 Å². The second-order valence-corrected chi connectivity index (χ2v) is 2.92. The number of unbranched alkanes of at least 4 members (excludes halogenated alkanes) is 1. The zero-order chi connectivity index (χ0) is 8.97. The molecule has 0 aliphatic carbocycles. The van der Waals surface area contributed by atoms with Gasteiger partial charge in [-0.25, -0.2) is 5.84 Å². The van der Waals surface area contributed by atoms with Gasteiger partial charge in [-0.1, -0.05) is 13.3 Å². The molecule has 0 saturated carbocycles. The normalized spacial score (nSPS) is 10.2. The molecule has 0 aromatic carbocycles. The molecule has 0 aliphatic rings. The van der Waals surface area contributed by atoms with Crippen molar-refractivity contribution in [2.75, 3.05) is 11.6 Å². The number of nitrogens with one attached hydrogen (secondary N) is 2. The molecule has 0 unspecified atom stereocenters. The van der Waals surface area contributed by atoms with Gasteiger partial charge in [-0.3, -0.25) is 15.2 Å². The van der Waals surface area contributed by atoms with Crippen molar-refractivity contribution in [2.45, 2.75) is 19.8 Å². The zero-order valence-electron chi connectivity index (χ0n) is 7.00. The van der Waals surface area contributed by atoms with Crippen LogP contribution in [0.15, 0.2) is 0 Å². The van der Waals surface area contributed by atoms with Gasteiger partial charge in [-0.2, -0.15) is 4.98 Å². The molecule has 0 amide bonds. The Morgan fingerprint density at radius 3 is 2.83 bits per heavy atom. The van der Waals surface area contributed by atoms with Gasteiger partial charge in [0.05, 0.1) is 0 Å². The lowest BCUT2D eigenvalue weighted by Gasteiger charge is -2.13. The van der Waals surface area contributed by atoms with E-state index < -0.39 is 0 Å². The Morgan fingerprint density at radius 2 is 2.33 bits per heavy atom. The van der Waals surface area contributed by atoms with Gasteiger partial charge in [0.2, 0.25) is 10.7 Å². The molecule has 0 spiro atoms. The van der Waals surface area contributed by atoms with Crippen molar-refractivity contribution < 1.29 is 0 Å². The van der Waals surface area contributed by atoms with Crippen LogP contribution in [0.5, 0.6) is 0 Å². The van der Waals surface area contributed by atoms with Crippen LogP contribution in [-0.4, -0.2) is 21.7 Å². The van der Waals surface area contributed by atoms with Gasteiger partial charge in [0.1, 0.15) is 0 Å². The first-order valence-electron chi connectivity index (χ1n) is 3.91. The predicted octanol–water partition coefficient (Wildman–Crippen LogP) is 0.947. The second-order valence-electron chi connectivity index (χ2n) is 2.54. The maximum Gasteiger partial charge on any atom is 0.234 e. The fraction of sp³-hybridized carbons (Fsp3) is 0.667. The number of H-pyrrole nitrogens is 2.